The maximum absolute atomic E-state index is 9.47. The number of aliphatic hydroxyl groups excluding tert-OH is 4. The zero-order chi connectivity index (χ0) is 17.9. The summed E-state index contributed by atoms with van der Waals surface area (Å²) in [7, 11) is 0. The highest BCUT2D eigenvalue weighted by atomic mass is 16.6. The van der Waals surface area contributed by atoms with Gasteiger partial charge in [0.1, 0.15) is 18.3 Å². The number of hydrogen-bond acceptors (Lipinski definition) is 8. The highest BCUT2D eigenvalue weighted by Crippen LogP contribution is 2.17. The van der Waals surface area contributed by atoms with Gasteiger partial charge in [-0.2, -0.15) is 0 Å². The van der Waals surface area contributed by atoms with Crippen LogP contribution in [0.4, 0.5) is 0 Å². The average molecular weight is 321 g/mol. The molecule has 22 heavy (non-hydrogen) atoms. The predicted molar refractivity (Wildman–Crippen MR) is 76.7 cm³/mol. The second-order valence-electron chi connectivity index (χ2n) is 4.02. The summed E-state index contributed by atoms with van der Waals surface area (Å²) >= 11 is 0. The number of hydrogen-bond donors (Lipinski definition) is 7. The molecule has 2 amide bonds. The van der Waals surface area contributed by atoms with Crippen LogP contribution in [-0.2, 0) is 14.3 Å². The third-order valence-corrected chi connectivity index (χ3v) is 2.35. The molecule has 128 valence electrons. The first-order valence-electron chi connectivity index (χ1n) is 6.02. The Balaban J connectivity index is 0. The van der Waals surface area contributed by atoms with E-state index in [1.54, 1.807) is 0 Å². The van der Waals surface area contributed by atoms with Crippen LogP contribution in [0.3, 0.4) is 0 Å². The van der Waals surface area contributed by atoms with Crippen molar-refractivity contribution >= 4 is 11.8 Å². The lowest BCUT2D eigenvalue weighted by Crippen LogP contribution is -2.61. The fourth-order valence-electron chi connectivity index (χ4n) is 1.12. The fourth-order valence-corrected chi connectivity index (χ4v) is 1.12. The minimum atomic E-state index is -1.35. The van der Waals surface area contributed by atoms with E-state index in [2.05, 4.69) is 24.6 Å². The Morgan fingerprint density at radius 3 is 1.68 bits per heavy atom. The molecule has 0 radical (unpaired) electrons. The van der Waals surface area contributed by atoms with Crippen molar-refractivity contribution in [2.45, 2.75) is 30.6 Å². The summed E-state index contributed by atoms with van der Waals surface area (Å²) in [5.74, 6) is -0.963. The summed E-state index contributed by atoms with van der Waals surface area (Å²) in [4.78, 5) is 18.9. The van der Waals surface area contributed by atoms with E-state index in [-0.39, 0.29) is 0 Å². The minimum absolute atomic E-state index is 0.470. The van der Waals surface area contributed by atoms with Crippen molar-refractivity contribution in [2.24, 2.45) is 17.2 Å². The molecule has 0 saturated carbocycles. The fraction of sp³-hybridized carbons (Fsp3) is 0.500. The number of amides is 2. The average Bonchev–Trinajstić information content (AvgIpc) is 2.49. The predicted octanol–water partition coefficient (Wildman–Crippen LogP) is -3.94. The number of ether oxygens (including phenoxy) is 1. The maximum atomic E-state index is 9.47. The number of carbonyl (C=O) groups excluding carboxylic acids is 2. The number of primary amides is 2. The molecule has 0 aliphatic carbocycles. The maximum Gasteiger partial charge on any atom is 0.240 e. The molecule has 0 spiro atoms. The lowest BCUT2D eigenvalue weighted by atomic mass is 9.98. The van der Waals surface area contributed by atoms with Crippen molar-refractivity contribution in [3.05, 3.63) is 25.3 Å². The molecule has 10 N–H and O–H groups in total. The Labute approximate surface area is 127 Å². The molecule has 1 aliphatic heterocycles. The zero-order valence-electron chi connectivity index (χ0n) is 11.9. The highest BCUT2D eigenvalue weighted by molar-refractivity contribution is 5.85. The van der Waals surface area contributed by atoms with E-state index in [0.29, 0.717) is 0 Å². The van der Waals surface area contributed by atoms with Crippen molar-refractivity contribution in [1.29, 1.82) is 0 Å². The number of rotatable bonds is 3. The first-order chi connectivity index (χ1) is 10.1. The summed E-state index contributed by atoms with van der Waals surface area (Å²) in [5, 5.41) is 36.1. The Kier molecular flexibility index (Phi) is 12.0. The van der Waals surface area contributed by atoms with Gasteiger partial charge in [0, 0.05) is 0 Å². The molecule has 1 unspecified atom stereocenters. The van der Waals surface area contributed by atoms with E-state index in [9.17, 15) is 19.8 Å². The molecule has 1 aliphatic rings. The van der Waals surface area contributed by atoms with Crippen LogP contribution in [0.1, 0.15) is 0 Å². The number of aliphatic hydroxyl groups is 4. The van der Waals surface area contributed by atoms with Gasteiger partial charge in [0.25, 0.3) is 0 Å². The summed E-state index contributed by atoms with van der Waals surface area (Å²) in [6, 6.07) is -1.04. The van der Waals surface area contributed by atoms with Gasteiger partial charge in [-0.3, -0.25) is 9.59 Å². The van der Waals surface area contributed by atoms with Crippen molar-refractivity contribution < 1.29 is 34.8 Å². The molecule has 1 saturated heterocycles. The largest absolute Gasteiger partial charge is 0.394 e. The van der Waals surface area contributed by atoms with E-state index in [1.165, 1.54) is 0 Å². The third kappa shape index (κ3) is 9.18. The van der Waals surface area contributed by atoms with E-state index in [4.69, 9.17) is 20.7 Å². The summed E-state index contributed by atoms with van der Waals surface area (Å²) in [5.41, 5.74) is 14.3. The Bertz CT molecular complexity index is 355. The van der Waals surface area contributed by atoms with Crippen molar-refractivity contribution in [1.82, 2.24) is 0 Å². The van der Waals surface area contributed by atoms with Gasteiger partial charge in [0.15, 0.2) is 6.29 Å². The Morgan fingerprint density at radius 1 is 1.05 bits per heavy atom. The lowest BCUT2D eigenvalue weighted by Gasteiger charge is -2.38. The van der Waals surface area contributed by atoms with Crippen molar-refractivity contribution in [3.8, 4) is 0 Å². The molecule has 0 aromatic carbocycles. The lowest BCUT2D eigenvalue weighted by molar-refractivity contribution is -0.248. The highest BCUT2D eigenvalue weighted by Gasteiger charge is 2.41. The molecular weight excluding hydrogens is 298 g/mol. The van der Waals surface area contributed by atoms with Crippen LogP contribution >= 0.6 is 0 Å². The second kappa shape index (κ2) is 11.8. The van der Waals surface area contributed by atoms with Gasteiger partial charge in [-0.05, 0) is 12.2 Å². The molecule has 1 fully saturated rings. The number of carbonyl (C=O) groups is 2. The molecule has 0 bridgehead atoms. The van der Waals surface area contributed by atoms with Gasteiger partial charge < -0.3 is 42.4 Å². The van der Waals surface area contributed by atoms with E-state index < -0.39 is 49.1 Å². The van der Waals surface area contributed by atoms with Crippen LogP contribution in [0.25, 0.3) is 0 Å². The summed E-state index contributed by atoms with van der Waals surface area (Å²) < 4.78 is 4.70. The monoisotopic (exact) mass is 321 g/mol. The van der Waals surface area contributed by atoms with Crippen LogP contribution in [-0.4, -0.2) is 69.5 Å². The van der Waals surface area contributed by atoms with Crippen LogP contribution in [0.5, 0.6) is 0 Å². The van der Waals surface area contributed by atoms with Crippen LogP contribution in [0.2, 0.25) is 0 Å². The summed E-state index contributed by atoms with van der Waals surface area (Å²) in [6.45, 7) is 5.70. The quantitative estimate of drug-likeness (QED) is 0.255. The van der Waals surface area contributed by atoms with Gasteiger partial charge in [-0.25, -0.2) is 0 Å². The van der Waals surface area contributed by atoms with E-state index in [0.717, 1.165) is 12.2 Å². The van der Waals surface area contributed by atoms with Crippen LogP contribution < -0.4 is 17.2 Å². The molecule has 0 aromatic heterocycles. The third-order valence-electron chi connectivity index (χ3n) is 2.35. The molecular formula is C12H23N3O7. The van der Waals surface area contributed by atoms with Crippen LogP contribution in [0.15, 0.2) is 25.3 Å². The Hall–Kier alpha value is -1.82. The molecule has 5 atom stereocenters. The normalized spacial score (nSPS) is 29.8. The van der Waals surface area contributed by atoms with E-state index in [1.807, 2.05) is 0 Å². The van der Waals surface area contributed by atoms with Gasteiger partial charge >= 0.3 is 0 Å². The molecule has 10 heteroatoms. The SMILES string of the molecule is C=CC(N)=O.C=CC(N)=O.N[C@H]1C(O)O[C@H](CO)[C@@H](O)[C@@H]1O. The Morgan fingerprint density at radius 2 is 1.41 bits per heavy atom. The standard InChI is InChI=1S/C6H13NO5.2C3H5NO/c7-3-5(10)4(9)2(1-8)12-6(3)11;2*1-2-3(4)5/h2-6,8-11H,1,7H2;2*2H,1H2,(H2,4,5)/t2-,3-,4-,5-,6?;;/m1../s1. The zero-order valence-corrected chi connectivity index (χ0v) is 11.9. The van der Waals surface area contributed by atoms with Crippen molar-refractivity contribution in [3.63, 3.8) is 0 Å². The van der Waals surface area contributed by atoms with Gasteiger partial charge in [-0.15, -0.1) is 0 Å². The first kappa shape index (κ1) is 22.5. The van der Waals surface area contributed by atoms with Crippen LogP contribution in [0, 0.1) is 0 Å². The molecule has 1 rings (SSSR count). The molecule has 10 nitrogen and oxygen atoms in total. The summed E-state index contributed by atoms with van der Waals surface area (Å²) in [6.07, 6.45) is -2.74. The van der Waals surface area contributed by atoms with Gasteiger partial charge in [0.05, 0.1) is 12.6 Å². The van der Waals surface area contributed by atoms with Gasteiger partial charge in [0.2, 0.25) is 11.8 Å². The van der Waals surface area contributed by atoms with Gasteiger partial charge in [-0.1, -0.05) is 13.2 Å². The molecule has 0 aromatic rings. The second-order valence-corrected chi connectivity index (χ2v) is 4.02. The smallest absolute Gasteiger partial charge is 0.240 e. The number of nitrogens with two attached hydrogens (primary N) is 3. The molecule has 1 heterocycles. The topological polar surface area (TPSA) is 202 Å². The van der Waals surface area contributed by atoms with E-state index >= 15 is 0 Å². The van der Waals surface area contributed by atoms with Crippen molar-refractivity contribution in [2.75, 3.05) is 6.61 Å². The minimum Gasteiger partial charge on any atom is -0.394 e. The first-order valence-corrected chi connectivity index (χ1v) is 6.02.